The van der Waals surface area contributed by atoms with E-state index in [1.54, 1.807) is 0 Å². The summed E-state index contributed by atoms with van der Waals surface area (Å²) >= 11 is 0. The van der Waals surface area contributed by atoms with E-state index in [1.165, 1.54) is 33.6 Å². The van der Waals surface area contributed by atoms with Crippen LogP contribution in [0.3, 0.4) is 0 Å². The zero-order chi connectivity index (χ0) is 16.8. The Morgan fingerprint density at radius 2 is 1.48 bits per heavy atom. The third-order valence-electron chi connectivity index (χ3n) is 4.47. The smallest absolute Gasteiger partial charge is 0.0370 e. The number of benzene rings is 2. The highest BCUT2D eigenvalue weighted by Crippen LogP contribution is 2.19. The number of anilines is 2. The predicted octanol–water partition coefficient (Wildman–Crippen LogP) is 3.80. The van der Waals surface area contributed by atoms with Crippen molar-refractivity contribution in [2.24, 2.45) is 5.73 Å². The molecule has 3 heteroatoms. The van der Waals surface area contributed by atoms with Crippen molar-refractivity contribution in [1.82, 2.24) is 0 Å². The first kappa shape index (κ1) is 17.4. The highest BCUT2D eigenvalue weighted by atomic mass is 15.1. The number of rotatable bonds is 7. The minimum Gasteiger partial charge on any atom is -0.383 e. The zero-order valence-corrected chi connectivity index (χ0v) is 14.8. The average Bonchev–Trinajstić information content (AvgIpc) is 2.53. The van der Waals surface area contributed by atoms with Crippen LogP contribution in [0.25, 0.3) is 0 Å². The molecule has 2 rings (SSSR count). The van der Waals surface area contributed by atoms with Gasteiger partial charge in [0.05, 0.1) is 0 Å². The molecular formula is C20H29N3. The van der Waals surface area contributed by atoms with Crippen LogP contribution in [0.15, 0.2) is 36.4 Å². The van der Waals surface area contributed by atoms with E-state index in [0.29, 0.717) is 6.54 Å². The van der Waals surface area contributed by atoms with Crippen molar-refractivity contribution in [3.05, 3.63) is 58.7 Å². The molecule has 0 aromatic heterocycles. The number of nitrogens with zero attached hydrogens (tertiary/aromatic N) is 1. The topological polar surface area (TPSA) is 41.3 Å². The van der Waals surface area contributed by atoms with E-state index >= 15 is 0 Å². The van der Waals surface area contributed by atoms with E-state index in [-0.39, 0.29) is 0 Å². The lowest BCUT2D eigenvalue weighted by Gasteiger charge is -2.25. The molecule has 0 aliphatic rings. The molecule has 0 heterocycles. The van der Waals surface area contributed by atoms with Crippen molar-refractivity contribution in [3.63, 3.8) is 0 Å². The van der Waals surface area contributed by atoms with E-state index in [1.807, 2.05) is 0 Å². The molecule has 0 aliphatic heterocycles. The minimum absolute atomic E-state index is 0.663. The lowest BCUT2D eigenvalue weighted by atomic mass is 10.1. The summed E-state index contributed by atoms with van der Waals surface area (Å²) in [5.41, 5.74) is 13.5. The second kappa shape index (κ2) is 8.02. The number of aryl methyl sites for hydroxylation is 4. The van der Waals surface area contributed by atoms with Gasteiger partial charge in [-0.2, -0.15) is 0 Å². The summed E-state index contributed by atoms with van der Waals surface area (Å²) in [6.07, 6.45) is 0. The molecule has 3 nitrogen and oxygen atoms in total. The molecule has 0 atom stereocenters. The molecule has 0 unspecified atom stereocenters. The standard InChI is InChI=1S/C20H29N3/c1-15-5-7-19(13-17(15)3)22-10-12-23(11-9-21)20-8-6-16(2)18(4)14-20/h5-8,13-14,22H,9-12,21H2,1-4H3. The minimum atomic E-state index is 0.663. The second-order valence-corrected chi connectivity index (χ2v) is 6.27. The summed E-state index contributed by atoms with van der Waals surface area (Å²) in [5.74, 6) is 0. The van der Waals surface area contributed by atoms with E-state index < -0.39 is 0 Å². The van der Waals surface area contributed by atoms with Crippen LogP contribution in [0.1, 0.15) is 22.3 Å². The second-order valence-electron chi connectivity index (χ2n) is 6.27. The maximum atomic E-state index is 5.79. The molecule has 0 amide bonds. The largest absolute Gasteiger partial charge is 0.383 e. The number of nitrogens with two attached hydrogens (primary N) is 1. The Morgan fingerprint density at radius 3 is 2.09 bits per heavy atom. The molecule has 23 heavy (non-hydrogen) atoms. The van der Waals surface area contributed by atoms with Crippen molar-refractivity contribution in [2.45, 2.75) is 27.7 Å². The molecule has 0 radical (unpaired) electrons. The fraction of sp³-hybridized carbons (Fsp3) is 0.400. The first-order valence-electron chi connectivity index (χ1n) is 8.34. The van der Waals surface area contributed by atoms with Crippen molar-refractivity contribution >= 4 is 11.4 Å². The SMILES string of the molecule is Cc1ccc(NCCN(CCN)c2ccc(C)c(C)c2)cc1C. The monoisotopic (exact) mass is 311 g/mol. The van der Waals surface area contributed by atoms with E-state index in [9.17, 15) is 0 Å². The third kappa shape index (κ3) is 4.73. The quantitative estimate of drug-likeness (QED) is 0.817. The Kier molecular flexibility index (Phi) is 6.05. The molecule has 0 bridgehead atoms. The predicted molar refractivity (Wildman–Crippen MR) is 102 cm³/mol. The fourth-order valence-corrected chi connectivity index (χ4v) is 2.63. The van der Waals surface area contributed by atoms with Crippen LogP contribution >= 0.6 is 0 Å². The van der Waals surface area contributed by atoms with Crippen molar-refractivity contribution < 1.29 is 0 Å². The van der Waals surface area contributed by atoms with Crippen LogP contribution in [-0.4, -0.2) is 26.2 Å². The maximum Gasteiger partial charge on any atom is 0.0370 e. The summed E-state index contributed by atoms with van der Waals surface area (Å²) in [4.78, 5) is 2.35. The molecule has 0 aliphatic carbocycles. The molecule has 0 spiro atoms. The van der Waals surface area contributed by atoms with Crippen LogP contribution in [0.5, 0.6) is 0 Å². The van der Waals surface area contributed by atoms with Crippen LogP contribution in [0.4, 0.5) is 11.4 Å². The van der Waals surface area contributed by atoms with Gasteiger partial charge in [0.2, 0.25) is 0 Å². The Labute approximate surface area is 140 Å². The molecule has 3 N–H and O–H groups in total. The number of hydrogen-bond donors (Lipinski definition) is 2. The zero-order valence-electron chi connectivity index (χ0n) is 14.8. The van der Waals surface area contributed by atoms with Gasteiger partial charge in [-0.1, -0.05) is 12.1 Å². The van der Waals surface area contributed by atoms with Crippen molar-refractivity contribution in [2.75, 3.05) is 36.4 Å². The average molecular weight is 311 g/mol. The van der Waals surface area contributed by atoms with Gasteiger partial charge >= 0.3 is 0 Å². The number of nitrogens with one attached hydrogen (secondary N) is 1. The molecule has 0 saturated carbocycles. The first-order valence-corrected chi connectivity index (χ1v) is 8.34. The van der Waals surface area contributed by atoms with Gasteiger partial charge in [0.15, 0.2) is 0 Å². The van der Waals surface area contributed by atoms with Gasteiger partial charge in [0.25, 0.3) is 0 Å². The van der Waals surface area contributed by atoms with E-state index in [4.69, 9.17) is 5.73 Å². The third-order valence-corrected chi connectivity index (χ3v) is 4.47. The summed E-state index contributed by atoms with van der Waals surface area (Å²) in [7, 11) is 0. The van der Waals surface area contributed by atoms with E-state index in [2.05, 4.69) is 74.3 Å². The van der Waals surface area contributed by atoms with Gasteiger partial charge in [0.1, 0.15) is 0 Å². The van der Waals surface area contributed by atoms with Crippen LogP contribution in [0.2, 0.25) is 0 Å². The van der Waals surface area contributed by atoms with Gasteiger partial charge < -0.3 is 16.0 Å². The van der Waals surface area contributed by atoms with Gasteiger partial charge in [-0.25, -0.2) is 0 Å². The highest BCUT2D eigenvalue weighted by molar-refractivity contribution is 5.52. The summed E-state index contributed by atoms with van der Waals surface area (Å²) in [5, 5.41) is 3.51. The summed E-state index contributed by atoms with van der Waals surface area (Å²) in [6.45, 7) is 12.0. The Bertz CT molecular complexity index is 649. The highest BCUT2D eigenvalue weighted by Gasteiger charge is 2.07. The van der Waals surface area contributed by atoms with Crippen molar-refractivity contribution in [1.29, 1.82) is 0 Å². The maximum absolute atomic E-state index is 5.79. The normalized spacial score (nSPS) is 10.7. The summed E-state index contributed by atoms with van der Waals surface area (Å²) < 4.78 is 0. The lowest BCUT2D eigenvalue weighted by Crippen LogP contribution is -2.33. The van der Waals surface area contributed by atoms with Crippen LogP contribution in [-0.2, 0) is 0 Å². The van der Waals surface area contributed by atoms with Gasteiger partial charge in [0, 0.05) is 37.6 Å². The molecule has 2 aromatic rings. The Hall–Kier alpha value is -2.00. The van der Waals surface area contributed by atoms with E-state index in [0.717, 1.165) is 19.6 Å². The Morgan fingerprint density at radius 1 is 0.826 bits per heavy atom. The molecule has 0 fully saturated rings. The number of hydrogen-bond acceptors (Lipinski definition) is 3. The van der Waals surface area contributed by atoms with Gasteiger partial charge in [-0.15, -0.1) is 0 Å². The molecule has 0 saturated heterocycles. The first-order chi connectivity index (χ1) is 11.0. The molecular weight excluding hydrogens is 282 g/mol. The van der Waals surface area contributed by atoms with Crippen LogP contribution < -0.4 is 16.0 Å². The van der Waals surface area contributed by atoms with Gasteiger partial charge in [-0.05, 0) is 74.2 Å². The molecule has 2 aromatic carbocycles. The van der Waals surface area contributed by atoms with Crippen molar-refractivity contribution in [3.8, 4) is 0 Å². The molecule has 124 valence electrons. The van der Waals surface area contributed by atoms with Gasteiger partial charge in [-0.3, -0.25) is 0 Å². The fourth-order valence-electron chi connectivity index (χ4n) is 2.63. The summed E-state index contributed by atoms with van der Waals surface area (Å²) in [6, 6.07) is 13.1. The Balaban J connectivity index is 1.99. The van der Waals surface area contributed by atoms with Crippen LogP contribution in [0, 0.1) is 27.7 Å². The lowest BCUT2D eigenvalue weighted by molar-refractivity contribution is 0.795.